The molecule has 28 heavy (non-hydrogen) atoms. The molecule has 2 saturated heterocycles. The van der Waals surface area contributed by atoms with Gasteiger partial charge < -0.3 is 15.8 Å². The first-order valence-electron chi connectivity index (χ1n) is 10.7. The molecule has 0 atom stereocenters. The third-order valence-electron chi connectivity index (χ3n) is 5.58. The van der Waals surface area contributed by atoms with Gasteiger partial charge in [0.05, 0.1) is 23.9 Å². The molecule has 0 amide bonds. The molecule has 3 rings (SSSR count). The van der Waals surface area contributed by atoms with Crippen molar-refractivity contribution in [2.24, 2.45) is 16.6 Å². The van der Waals surface area contributed by atoms with Crippen LogP contribution in [0.5, 0.6) is 0 Å². The molecule has 0 radical (unpaired) electrons. The van der Waals surface area contributed by atoms with Gasteiger partial charge in [-0.2, -0.15) is 0 Å². The van der Waals surface area contributed by atoms with Crippen LogP contribution < -0.4 is 11.1 Å². The molecule has 0 bridgehead atoms. The van der Waals surface area contributed by atoms with Crippen molar-refractivity contribution in [1.29, 1.82) is 0 Å². The van der Waals surface area contributed by atoms with E-state index in [2.05, 4.69) is 37.4 Å². The second-order valence-corrected chi connectivity index (χ2v) is 8.71. The van der Waals surface area contributed by atoms with E-state index in [-0.39, 0.29) is 0 Å². The number of ether oxygens (including phenoxy) is 1. The predicted octanol–water partition coefficient (Wildman–Crippen LogP) is 1.54. The fourth-order valence-electron chi connectivity index (χ4n) is 3.77. The molecule has 0 unspecified atom stereocenters. The highest BCUT2D eigenvalue weighted by Crippen LogP contribution is 2.20. The maximum Gasteiger partial charge on any atom is 0.188 e. The van der Waals surface area contributed by atoms with Gasteiger partial charge in [-0.25, -0.2) is 4.98 Å². The van der Waals surface area contributed by atoms with Crippen LogP contribution in [0.4, 0.5) is 0 Å². The summed E-state index contributed by atoms with van der Waals surface area (Å²) in [4.78, 5) is 14.2. The fourth-order valence-corrected chi connectivity index (χ4v) is 4.50. The lowest BCUT2D eigenvalue weighted by Crippen LogP contribution is -2.39. The molecule has 2 aliphatic heterocycles. The molecule has 1 aromatic rings. The molecule has 0 aromatic carbocycles. The van der Waals surface area contributed by atoms with E-state index in [0.717, 1.165) is 78.4 Å². The van der Waals surface area contributed by atoms with Crippen LogP contribution in [-0.4, -0.2) is 79.8 Å². The molecule has 3 heterocycles. The molecule has 7 nitrogen and oxygen atoms in total. The van der Waals surface area contributed by atoms with Gasteiger partial charge in [0, 0.05) is 38.1 Å². The number of hydrogen-bond acceptors (Lipinski definition) is 6. The summed E-state index contributed by atoms with van der Waals surface area (Å²) in [7, 11) is 0. The highest BCUT2D eigenvalue weighted by atomic mass is 32.1. The van der Waals surface area contributed by atoms with Gasteiger partial charge in [0.2, 0.25) is 0 Å². The second-order valence-electron chi connectivity index (χ2n) is 7.77. The first-order valence-corrected chi connectivity index (χ1v) is 11.6. The molecule has 2 fully saturated rings. The Bertz CT molecular complexity index is 593. The van der Waals surface area contributed by atoms with Crippen LogP contribution in [0.25, 0.3) is 0 Å². The van der Waals surface area contributed by atoms with Crippen molar-refractivity contribution in [3.8, 4) is 0 Å². The van der Waals surface area contributed by atoms with E-state index in [0.29, 0.717) is 11.9 Å². The van der Waals surface area contributed by atoms with Crippen molar-refractivity contribution < 1.29 is 4.74 Å². The Balaban J connectivity index is 1.26. The Labute approximate surface area is 173 Å². The summed E-state index contributed by atoms with van der Waals surface area (Å²) in [5.74, 6) is 1.24. The zero-order chi connectivity index (χ0) is 19.6. The highest BCUT2D eigenvalue weighted by molar-refractivity contribution is 7.09. The molecule has 8 heteroatoms. The average Bonchev–Trinajstić information content (AvgIpc) is 3.19. The molecule has 0 saturated carbocycles. The number of piperidine rings is 1. The van der Waals surface area contributed by atoms with Crippen LogP contribution in [0, 0.1) is 5.92 Å². The number of likely N-dealkylation sites (tertiary alicyclic amines) is 1. The zero-order valence-electron chi connectivity index (χ0n) is 17.2. The molecule has 2 aliphatic rings. The van der Waals surface area contributed by atoms with E-state index < -0.39 is 0 Å². The van der Waals surface area contributed by atoms with Gasteiger partial charge in [0.1, 0.15) is 0 Å². The number of nitrogens with one attached hydrogen (secondary N) is 1. The minimum absolute atomic E-state index is 0.596. The molecule has 0 spiro atoms. The van der Waals surface area contributed by atoms with Crippen molar-refractivity contribution in [1.82, 2.24) is 20.1 Å². The zero-order valence-corrected chi connectivity index (χ0v) is 18.1. The maximum atomic E-state index is 6.04. The summed E-state index contributed by atoms with van der Waals surface area (Å²) in [5, 5.41) is 6.72. The van der Waals surface area contributed by atoms with Crippen molar-refractivity contribution in [3.05, 3.63) is 16.1 Å². The number of aryl methyl sites for hydroxylation is 1. The summed E-state index contributed by atoms with van der Waals surface area (Å²) >= 11 is 1.78. The maximum absolute atomic E-state index is 6.04. The van der Waals surface area contributed by atoms with E-state index in [4.69, 9.17) is 10.5 Å². The van der Waals surface area contributed by atoms with Crippen LogP contribution in [0.2, 0.25) is 0 Å². The van der Waals surface area contributed by atoms with Crippen LogP contribution >= 0.6 is 11.3 Å². The number of hydrogen-bond donors (Lipinski definition) is 2. The fraction of sp³-hybridized carbons (Fsp3) is 0.800. The first-order chi connectivity index (χ1) is 13.7. The van der Waals surface area contributed by atoms with Gasteiger partial charge in [-0.3, -0.25) is 14.8 Å². The van der Waals surface area contributed by atoms with E-state index in [1.54, 1.807) is 11.3 Å². The number of morpholine rings is 1. The number of thiazole rings is 1. The Morgan fingerprint density at radius 2 is 2.07 bits per heavy atom. The Morgan fingerprint density at radius 3 is 2.79 bits per heavy atom. The molecule has 3 N–H and O–H groups in total. The third-order valence-corrected chi connectivity index (χ3v) is 6.62. The number of aliphatic imine (C=N–C) groups is 1. The second kappa shape index (κ2) is 11.7. The van der Waals surface area contributed by atoms with Gasteiger partial charge in [-0.15, -0.1) is 11.3 Å². The number of nitrogens with zero attached hydrogens (tertiary/aromatic N) is 4. The van der Waals surface area contributed by atoms with Crippen LogP contribution in [0.15, 0.2) is 10.4 Å². The van der Waals surface area contributed by atoms with Crippen LogP contribution in [0.3, 0.4) is 0 Å². The molecule has 158 valence electrons. The van der Waals surface area contributed by atoms with Gasteiger partial charge in [0.25, 0.3) is 0 Å². The standard InChI is InChI=1S/C20H36N6OS/c1-2-19-24-18(16-28-19)15-26-8-4-17(5-9-26)14-23-20(21)22-6-3-7-25-10-12-27-13-11-25/h16-17H,2-15H2,1H3,(H3,21,22,23). The number of nitrogens with two attached hydrogens (primary N) is 1. The lowest BCUT2D eigenvalue weighted by atomic mass is 9.97. The Hall–Kier alpha value is -1.22. The number of rotatable bonds is 9. The smallest absolute Gasteiger partial charge is 0.188 e. The summed E-state index contributed by atoms with van der Waals surface area (Å²) < 4.78 is 5.37. The van der Waals surface area contributed by atoms with Crippen LogP contribution in [-0.2, 0) is 17.7 Å². The Morgan fingerprint density at radius 1 is 1.29 bits per heavy atom. The summed E-state index contributed by atoms with van der Waals surface area (Å²) in [6, 6.07) is 0. The predicted molar refractivity (Wildman–Crippen MR) is 116 cm³/mol. The largest absolute Gasteiger partial charge is 0.379 e. The third kappa shape index (κ3) is 7.31. The summed E-state index contributed by atoms with van der Waals surface area (Å²) in [6.45, 7) is 12.1. The molecule has 0 aliphatic carbocycles. The minimum Gasteiger partial charge on any atom is -0.379 e. The lowest BCUT2D eigenvalue weighted by Gasteiger charge is -2.30. The van der Waals surface area contributed by atoms with Gasteiger partial charge in [-0.05, 0) is 51.2 Å². The monoisotopic (exact) mass is 408 g/mol. The van der Waals surface area contributed by atoms with E-state index >= 15 is 0 Å². The first kappa shape index (κ1) is 21.5. The van der Waals surface area contributed by atoms with Gasteiger partial charge >= 0.3 is 0 Å². The minimum atomic E-state index is 0.596. The van der Waals surface area contributed by atoms with Crippen molar-refractivity contribution in [2.45, 2.75) is 39.2 Å². The topological polar surface area (TPSA) is 79.0 Å². The molecule has 1 aromatic heterocycles. The lowest BCUT2D eigenvalue weighted by molar-refractivity contribution is 0.0376. The van der Waals surface area contributed by atoms with E-state index in [1.165, 1.54) is 23.5 Å². The highest BCUT2D eigenvalue weighted by Gasteiger charge is 2.19. The van der Waals surface area contributed by atoms with E-state index in [9.17, 15) is 0 Å². The van der Waals surface area contributed by atoms with E-state index in [1.807, 2.05) is 0 Å². The average molecular weight is 409 g/mol. The van der Waals surface area contributed by atoms with Crippen molar-refractivity contribution in [2.75, 3.05) is 59.0 Å². The normalized spacial score (nSPS) is 20.5. The number of guanidine groups is 1. The van der Waals surface area contributed by atoms with Crippen molar-refractivity contribution >= 4 is 17.3 Å². The molecular formula is C20H36N6OS. The van der Waals surface area contributed by atoms with Gasteiger partial charge in [-0.1, -0.05) is 6.92 Å². The SMILES string of the molecule is CCc1nc(CN2CCC(CN=C(N)NCCCN3CCOCC3)CC2)cs1. The summed E-state index contributed by atoms with van der Waals surface area (Å²) in [5.41, 5.74) is 7.27. The molecular weight excluding hydrogens is 372 g/mol. The van der Waals surface area contributed by atoms with Crippen LogP contribution in [0.1, 0.15) is 36.9 Å². The summed E-state index contributed by atoms with van der Waals surface area (Å²) in [6.07, 6.45) is 4.51. The quantitative estimate of drug-likeness (QED) is 0.367. The van der Waals surface area contributed by atoms with Gasteiger partial charge in [0.15, 0.2) is 5.96 Å². The van der Waals surface area contributed by atoms with Crippen molar-refractivity contribution in [3.63, 3.8) is 0 Å². The number of aromatic nitrogens is 1. The Kier molecular flexibility index (Phi) is 8.98.